The average molecular weight is 380 g/mol. The van der Waals surface area contributed by atoms with Gasteiger partial charge in [0.2, 0.25) is 11.8 Å². The number of amides is 4. The number of nitrogens with zero attached hydrogens (tertiary/aromatic N) is 2. The molecule has 0 radical (unpaired) electrons. The molecule has 1 aromatic rings. The molecule has 140 valence electrons. The summed E-state index contributed by atoms with van der Waals surface area (Å²) in [5.41, 5.74) is 0. The number of hydrogen-bond acceptors (Lipinski definition) is 5. The van der Waals surface area contributed by atoms with Gasteiger partial charge in [-0.05, 0) is 44.4 Å². The lowest BCUT2D eigenvalue weighted by molar-refractivity contribution is -0.125. The summed E-state index contributed by atoms with van der Waals surface area (Å²) in [5, 5.41) is 8.32. The quantitative estimate of drug-likeness (QED) is 0.717. The molecule has 1 aliphatic carbocycles. The number of urea groups is 1. The molecule has 3 rings (SSSR count). The number of imide groups is 1. The van der Waals surface area contributed by atoms with Crippen LogP contribution < -0.4 is 16.0 Å². The number of hydrogen-bond donors (Lipinski definition) is 3. The van der Waals surface area contributed by atoms with Crippen LogP contribution in [0.25, 0.3) is 0 Å². The van der Waals surface area contributed by atoms with E-state index in [0.29, 0.717) is 17.4 Å². The molecule has 1 atom stereocenters. The fourth-order valence-corrected chi connectivity index (χ4v) is 3.02. The highest BCUT2D eigenvalue weighted by molar-refractivity contribution is 6.30. The molecular weight excluding hydrogens is 358 g/mol. The highest BCUT2D eigenvalue weighted by atomic mass is 35.5. The molecule has 1 aromatic heterocycles. The van der Waals surface area contributed by atoms with Gasteiger partial charge in [0.15, 0.2) is 0 Å². The van der Waals surface area contributed by atoms with E-state index in [9.17, 15) is 14.4 Å². The molecule has 1 saturated carbocycles. The minimum absolute atomic E-state index is 0.0983. The molecule has 0 spiro atoms. The maximum atomic E-state index is 12.4. The van der Waals surface area contributed by atoms with E-state index in [1.54, 1.807) is 12.1 Å². The van der Waals surface area contributed by atoms with Gasteiger partial charge in [0, 0.05) is 18.8 Å². The van der Waals surface area contributed by atoms with Crippen molar-refractivity contribution in [3.8, 4) is 0 Å². The number of aromatic nitrogens is 1. The van der Waals surface area contributed by atoms with Gasteiger partial charge in [0.25, 0.3) is 0 Å². The zero-order valence-electron chi connectivity index (χ0n) is 14.3. The van der Waals surface area contributed by atoms with Crippen LogP contribution in [-0.4, -0.2) is 53.4 Å². The van der Waals surface area contributed by atoms with Crippen molar-refractivity contribution in [2.75, 3.05) is 25.0 Å². The molecule has 0 bridgehead atoms. The molecule has 0 aromatic carbocycles. The largest absolute Gasteiger partial charge is 0.335 e. The molecule has 1 saturated heterocycles. The van der Waals surface area contributed by atoms with Crippen LogP contribution in [0.1, 0.15) is 25.7 Å². The van der Waals surface area contributed by atoms with Gasteiger partial charge in [-0.25, -0.2) is 9.78 Å². The Labute approximate surface area is 156 Å². The maximum absolute atomic E-state index is 12.4. The van der Waals surface area contributed by atoms with E-state index in [1.807, 2.05) is 4.90 Å². The summed E-state index contributed by atoms with van der Waals surface area (Å²) in [6, 6.07) is 3.06. The first-order valence-corrected chi connectivity index (χ1v) is 9.12. The normalized spacial score (nSPS) is 20.3. The van der Waals surface area contributed by atoms with E-state index in [0.717, 1.165) is 32.2 Å². The summed E-state index contributed by atoms with van der Waals surface area (Å²) >= 11 is 5.78. The standard InChI is InChI=1S/C17H22ClN5O3/c18-12-3-6-14(19-8-12)21-16(25)11-2-1-7-23(9-11)10-15(24)22-17(26)20-13-4-5-13/h3,6,8,11,13H,1-2,4-5,7,9-10H2,(H,19,21,25)(H2,20,22,24,26)/t11-/m1/s1. The van der Waals surface area contributed by atoms with Crippen molar-refractivity contribution in [3.63, 3.8) is 0 Å². The molecule has 0 unspecified atom stereocenters. The Morgan fingerprint density at radius 3 is 2.73 bits per heavy atom. The van der Waals surface area contributed by atoms with Crippen LogP contribution in [-0.2, 0) is 9.59 Å². The predicted octanol–water partition coefficient (Wildman–Crippen LogP) is 1.37. The van der Waals surface area contributed by atoms with E-state index >= 15 is 0 Å². The Morgan fingerprint density at radius 2 is 2.04 bits per heavy atom. The minimum atomic E-state index is -0.447. The summed E-state index contributed by atoms with van der Waals surface area (Å²) in [6.45, 7) is 1.29. The van der Waals surface area contributed by atoms with Crippen LogP contribution in [0.15, 0.2) is 18.3 Å². The highest BCUT2D eigenvalue weighted by Gasteiger charge is 2.28. The van der Waals surface area contributed by atoms with E-state index in [-0.39, 0.29) is 30.3 Å². The van der Waals surface area contributed by atoms with Crippen LogP contribution >= 0.6 is 11.6 Å². The lowest BCUT2D eigenvalue weighted by atomic mass is 9.97. The molecule has 9 heteroatoms. The number of anilines is 1. The Morgan fingerprint density at radius 1 is 1.23 bits per heavy atom. The van der Waals surface area contributed by atoms with Crippen molar-refractivity contribution < 1.29 is 14.4 Å². The van der Waals surface area contributed by atoms with Gasteiger partial charge in [0.1, 0.15) is 5.82 Å². The molecule has 1 aliphatic heterocycles. The lowest BCUT2D eigenvalue weighted by Gasteiger charge is -2.31. The molecule has 8 nitrogen and oxygen atoms in total. The molecular formula is C17H22ClN5O3. The second-order valence-corrected chi connectivity index (χ2v) is 7.16. The van der Waals surface area contributed by atoms with E-state index in [4.69, 9.17) is 11.6 Å². The monoisotopic (exact) mass is 379 g/mol. The minimum Gasteiger partial charge on any atom is -0.335 e. The Bertz CT molecular complexity index is 677. The maximum Gasteiger partial charge on any atom is 0.321 e. The number of likely N-dealkylation sites (tertiary alicyclic amines) is 1. The second kappa shape index (κ2) is 8.46. The second-order valence-electron chi connectivity index (χ2n) is 6.72. The zero-order valence-corrected chi connectivity index (χ0v) is 15.1. The topological polar surface area (TPSA) is 103 Å². The highest BCUT2D eigenvalue weighted by Crippen LogP contribution is 2.19. The molecule has 26 heavy (non-hydrogen) atoms. The van der Waals surface area contributed by atoms with E-state index in [2.05, 4.69) is 20.9 Å². The average Bonchev–Trinajstić information content (AvgIpc) is 3.40. The van der Waals surface area contributed by atoms with Gasteiger partial charge < -0.3 is 10.6 Å². The Balaban J connectivity index is 1.45. The smallest absolute Gasteiger partial charge is 0.321 e. The van der Waals surface area contributed by atoms with E-state index in [1.165, 1.54) is 6.20 Å². The number of halogens is 1. The van der Waals surface area contributed by atoms with Gasteiger partial charge in [0.05, 0.1) is 17.5 Å². The third-order valence-electron chi connectivity index (χ3n) is 4.39. The van der Waals surface area contributed by atoms with Crippen LogP contribution in [0.3, 0.4) is 0 Å². The number of carbonyl (C=O) groups excluding carboxylic acids is 3. The molecule has 2 aliphatic rings. The number of nitrogens with one attached hydrogen (secondary N) is 3. The van der Waals surface area contributed by atoms with Crippen molar-refractivity contribution in [2.45, 2.75) is 31.7 Å². The molecule has 2 heterocycles. The zero-order chi connectivity index (χ0) is 18.5. The number of rotatable bonds is 5. The van der Waals surface area contributed by atoms with Crippen molar-refractivity contribution >= 4 is 35.3 Å². The lowest BCUT2D eigenvalue weighted by Crippen LogP contribution is -2.48. The van der Waals surface area contributed by atoms with Gasteiger partial charge in [-0.3, -0.25) is 19.8 Å². The number of carbonyl (C=O) groups is 3. The van der Waals surface area contributed by atoms with Gasteiger partial charge in [-0.1, -0.05) is 11.6 Å². The van der Waals surface area contributed by atoms with Crippen LogP contribution in [0.4, 0.5) is 10.6 Å². The first-order chi connectivity index (χ1) is 12.5. The third-order valence-corrected chi connectivity index (χ3v) is 4.61. The number of pyridine rings is 1. The Hall–Kier alpha value is -2.19. The summed E-state index contributed by atoms with van der Waals surface area (Å²) in [5.74, 6) is -0.264. The van der Waals surface area contributed by atoms with Gasteiger partial charge in [-0.15, -0.1) is 0 Å². The summed E-state index contributed by atoms with van der Waals surface area (Å²) in [6.07, 6.45) is 4.97. The van der Waals surface area contributed by atoms with Crippen molar-refractivity contribution in [2.24, 2.45) is 5.92 Å². The molecule has 2 fully saturated rings. The van der Waals surface area contributed by atoms with Crippen molar-refractivity contribution in [1.29, 1.82) is 0 Å². The number of piperidine rings is 1. The summed E-state index contributed by atoms with van der Waals surface area (Å²) in [4.78, 5) is 42.0. The van der Waals surface area contributed by atoms with E-state index < -0.39 is 6.03 Å². The van der Waals surface area contributed by atoms with Crippen molar-refractivity contribution in [3.05, 3.63) is 23.4 Å². The predicted molar refractivity (Wildman–Crippen MR) is 96.7 cm³/mol. The summed E-state index contributed by atoms with van der Waals surface area (Å²) in [7, 11) is 0. The fraction of sp³-hybridized carbons (Fsp3) is 0.529. The van der Waals surface area contributed by atoms with Crippen molar-refractivity contribution in [1.82, 2.24) is 20.5 Å². The van der Waals surface area contributed by atoms with Crippen LogP contribution in [0.2, 0.25) is 5.02 Å². The Kier molecular flexibility index (Phi) is 6.05. The van der Waals surface area contributed by atoms with Gasteiger partial charge in [-0.2, -0.15) is 0 Å². The SMILES string of the molecule is O=C(CN1CCC[C@@H](C(=O)Nc2ccc(Cl)cn2)C1)NC(=O)NC1CC1. The fourth-order valence-electron chi connectivity index (χ4n) is 2.91. The van der Waals surface area contributed by atoms with Crippen LogP contribution in [0, 0.1) is 5.92 Å². The molecule has 3 N–H and O–H groups in total. The third kappa shape index (κ3) is 5.67. The molecule has 4 amide bonds. The van der Waals surface area contributed by atoms with Crippen LogP contribution in [0.5, 0.6) is 0 Å². The summed E-state index contributed by atoms with van der Waals surface area (Å²) < 4.78 is 0. The first kappa shape index (κ1) is 18.6. The van der Waals surface area contributed by atoms with Gasteiger partial charge >= 0.3 is 6.03 Å². The first-order valence-electron chi connectivity index (χ1n) is 8.75.